The number of rotatable bonds is 14. The molecule has 2 aromatic carbocycles. The Bertz CT molecular complexity index is 2070. The number of nitrogens with one attached hydrogen (secondary N) is 2. The molecule has 0 aliphatic heterocycles. The molecule has 3 N–H and O–H groups in total. The first kappa shape index (κ1) is 36.0. The number of thiophene rings is 1. The summed E-state index contributed by atoms with van der Waals surface area (Å²) in [7, 11) is 0. The minimum Gasteiger partial charge on any atom is -0.481 e. The Morgan fingerprint density at radius 2 is 1.69 bits per heavy atom. The number of anilines is 1. The van der Waals surface area contributed by atoms with Crippen LogP contribution < -0.4 is 20.9 Å². The van der Waals surface area contributed by atoms with Crippen molar-refractivity contribution in [2.24, 2.45) is 0 Å². The maximum absolute atomic E-state index is 13.5. The quantitative estimate of drug-likeness (QED) is 0.147. The number of carbonyl (C=O) groups excluding carboxylic acids is 3. The maximum atomic E-state index is 13.5. The van der Waals surface area contributed by atoms with Crippen molar-refractivity contribution in [1.82, 2.24) is 24.6 Å². The standard InChI is InChI=1S/C33H27F3N6O8S/c34-33(35,36)26-15-28(42(40-26)21-10-5-2-6-11-21)49-19-24(43)22(14-29(45)46)38-27(44)17-41-30(25-12-7-13-51-25)37-16-23(31(41)47)39-32(48)50-18-20-8-3-1-4-9-20/h1-13,15-16,22H,14,17-19H2,(H,38,44)(H,39,48)(H,45,46)/t22-/m0/s1. The zero-order chi connectivity index (χ0) is 36.5. The molecule has 18 heteroatoms. The molecule has 2 amide bonds. The number of nitrogens with zero attached hydrogens (tertiary/aromatic N) is 4. The minimum absolute atomic E-state index is 0.0347. The van der Waals surface area contributed by atoms with E-state index in [-0.39, 0.29) is 23.8 Å². The molecule has 51 heavy (non-hydrogen) atoms. The van der Waals surface area contributed by atoms with E-state index in [1.165, 1.54) is 23.5 Å². The topological polar surface area (TPSA) is 184 Å². The molecule has 5 rings (SSSR count). The molecule has 264 valence electrons. The van der Waals surface area contributed by atoms with Gasteiger partial charge in [-0.3, -0.25) is 29.1 Å². The third kappa shape index (κ3) is 9.44. The van der Waals surface area contributed by atoms with Gasteiger partial charge in [-0.2, -0.15) is 18.3 Å². The van der Waals surface area contributed by atoms with Gasteiger partial charge >= 0.3 is 18.2 Å². The molecular formula is C33H27F3N6O8S. The predicted molar refractivity (Wildman–Crippen MR) is 175 cm³/mol. The number of Topliss-reactive ketones (excluding diaryl/α,β-unsaturated/α-hetero) is 1. The summed E-state index contributed by atoms with van der Waals surface area (Å²) in [6.45, 7) is -1.81. The van der Waals surface area contributed by atoms with E-state index in [0.717, 1.165) is 15.4 Å². The molecule has 3 aromatic heterocycles. The Kier molecular flexibility index (Phi) is 11.2. The molecule has 0 aliphatic rings. The fraction of sp³-hybridized carbons (Fsp3) is 0.182. The van der Waals surface area contributed by atoms with Crippen molar-refractivity contribution in [2.45, 2.75) is 31.8 Å². The molecule has 0 radical (unpaired) electrons. The van der Waals surface area contributed by atoms with Crippen molar-refractivity contribution < 1.29 is 46.9 Å². The van der Waals surface area contributed by atoms with Gasteiger partial charge in [-0.25, -0.2) is 14.5 Å². The highest BCUT2D eigenvalue weighted by Crippen LogP contribution is 2.32. The summed E-state index contributed by atoms with van der Waals surface area (Å²) in [5.74, 6) is -3.91. The normalized spacial score (nSPS) is 11.7. The summed E-state index contributed by atoms with van der Waals surface area (Å²) in [5, 5.41) is 19.2. The van der Waals surface area contributed by atoms with Crippen molar-refractivity contribution in [1.29, 1.82) is 0 Å². The fourth-order valence-electron chi connectivity index (χ4n) is 4.60. The number of carboxylic acids is 1. The zero-order valence-corrected chi connectivity index (χ0v) is 27.0. The van der Waals surface area contributed by atoms with Gasteiger partial charge in [0.1, 0.15) is 24.9 Å². The van der Waals surface area contributed by atoms with Crippen LogP contribution in [0.3, 0.4) is 0 Å². The van der Waals surface area contributed by atoms with E-state index < -0.39 is 72.7 Å². The lowest BCUT2D eigenvalue weighted by Gasteiger charge is -2.18. The van der Waals surface area contributed by atoms with Crippen molar-refractivity contribution in [3.63, 3.8) is 0 Å². The summed E-state index contributed by atoms with van der Waals surface area (Å²) in [6, 6.07) is 18.5. The number of benzene rings is 2. The van der Waals surface area contributed by atoms with Gasteiger partial charge in [0, 0.05) is 6.07 Å². The highest BCUT2D eigenvalue weighted by Gasteiger charge is 2.36. The third-order valence-electron chi connectivity index (χ3n) is 6.97. The monoisotopic (exact) mass is 724 g/mol. The van der Waals surface area contributed by atoms with Gasteiger partial charge in [0.05, 0.1) is 23.2 Å². The van der Waals surface area contributed by atoms with E-state index in [1.807, 2.05) is 0 Å². The molecule has 5 aromatic rings. The van der Waals surface area contributed by atoms with Crippen molar-refractivity contribution in [3.05, 3.63) is 112 Å². The first-order valence-corrected chi connectivity index (χ1v) is 15.8. The number of para-hydroxylation sites is 1. The number of halogens is 3. The van der Waals surface area contributed by atoms with Crippen LogP contribution in [0.4, 0.5) is 23.7 Å². The highest BCUT2D eigenvalue weighted by molar-refractivity contribution is 7.13. The summed E-state index contributed by atoms with van der Waals surface area (Å²) >= 11 is 1.19. The molecule has 1 atom stereocenters. The summed E-state index contributed by atoms with van der Waals surface area (Å²) in [5.41, 5.74) is -1.62. The summed E-state index contributed by atoms with van der Waals surface area (Å²) < 4.78 is 52.6. The molecule has 0 spiro atoms. The summed E-state index contributed by atoms with van der Waals surface area (Å²) in [4.78, 5) is 68.8. The smallest absolute Gasteiger partial charge is 0.435 e. The Labute approximate surface area is 290 Å². The number of carbonyl (C=O) groups is 4. The van der Waals surface area contributed by atoms with Crippen molar-refractivity contribution in [2.75, 3.05) is 11.9 Å². The Balaban J connectivity index is 1.32. The number of aliphatic carboxylic acids is 1. The first-order chi connectivity index (χ1) is 24.4. The van der Waals surface area contributed by atoms with E-state index in [9.17, 15) is 42.3 Å². The number of amides is 2. The number of ether oxygens (including phenoxy) is 2. The average Bonchev–Trinajstić information content (AvgIpc) is 3.80. The number of alkyl halides is 3. The molecule has 3 heterocycles. The molecule has 0 unspecified atom stereocenters. The molecule has 14 nitrogen and oxygen atoms in total. The van der Waals surface area contributed by atoms with Crippen LogP contribution in [0.5, 0.6) is 5.88 Å². The van der Waals surface area contributed by atoms with Crippen molar-refractivity contribution in [3.8, 4) is 22.3 Å². The van der Waals surface area contributed by atoms with Crippen LogP contribution in [0.2, 0.25) is 0 Å². The predicted octanol–water partition coefficient (Wildman–Crippen LogP) is 4.53. The van der Waals surface area contributed by atoms with Gasteiger partial charge in [0.15, 0.2) is 23.9 Å². The second kappa shape index (κ2) is 15.9. The third-order valence-corrected chi connectivity index (χ3v) is 7.84. The van der Waals surface area contributed by atoms with Crippen molar-refractivity contribution >= 4 is 40.8 Å². The first-order valence-electron chi connectivity index (χ1n) is 14.9. The van der Waals surface area contributed by atoms with Gasteiger partial charge in [-0.15, -0.1) is 11.3 Å². The second-order valence-electron chi connectivity index (χ2n) is 10.6. The van der Waals surface area contributed by atoms with E-state index >= 15 is 0 Å². The van der Waals surface area contributed by atoms with E-state index in [1.54, 1.807) is 66.0 Å². The Hall–Kier alpha value is -6.30. The van der Waals surface area contributed by atoms with Crippen LogP contribution in [0.25, 0.3) is 16.4 Å². The Morgan fingerprint density at radius 1 is 0.980 bits per heavy atom. The SMILES string of the molecule is O=C(O)C[C@H](NC(=O)Cn1c(-c2cccs2)ncc(NC(=O)OCc2ccccc2)c1=O)C(=O)COc1cc(C(F)(F)F)nn1-c1ccccc1. The number of ketones is 1. The molecular weight excluding hydrogens is 697 g/mol. The zero-order valence-electron chi connectivity index (χ0n) is 26.2. The van der Waals surface area contributed by atoms with Crippen LogP contribution in [0.15, 0.2) is 95.2 Å². The van der Waals surface area contributed by atoms with Gasteiger partial charge in [0.25, 0.3) is 5.56 Å². The van der Waals surface area contributed by atoms with Gasteiger partial charge in [-0.05, 0) is 29.1 Å². The molecule has 0 saturated heterocycles. The molecule has 0 fully saturated rings. The van der Waals surface area contributed by atoms with E-state index in [2.05, 4.69) is 20.7 Å². The number of aromatic nitrogens is 4. The molecule has 0 saturated carbocycles. The lowest BCUT2D eigenvalue weighted by atomic mass is 10.1. The van der Waals surface area contributed by atoms with Crippen LogP contribution in [-0.2, 0) is 38.4 Å². The van der Waals surface area contributed by atoms with Crippen LogP contribution in [0, 0.1) is 0 Å². The van der Waals surface area contributed by atoms with E-state index in [0.29, 0.717) is 16.5 Å². The number of carboxylic acid groups (broad SMARTS) is 1. The fourth-order valence-corrected chi connectivity index (χ4v) is 5.33. The maximum Gasteiger partial charge on any atom is 0.435 e. The number of hydrogen-bond acceptors (Lipinski definition) is 10. The second-order valence-corrected chi connectivity index (χ2v) is 11.6. The largest absolute Gasteiger partial charge is 0.481 e. The number of hydrogen-bond donors (Lipinski definition) is 3. The van der Waals surface area contributed by atoms with Gasteiger partial charge < -0.3 is 19.9 Å². The Morgan fingerprint density at radius 3 is 2.33 bits per heavy atom. The van der Waals surface area contributed by atoms with Gasteiger partial charge in [-0.1, -0.05) is 54.6 Å². The van der Waals surface area contributed by atoms with Gasteiger partial charge in [0.2, 0.25) is 11.8 Å². The minimum atomic E-state index is -4.84. The lowest BCUT2D eigenvalue weighted by Crippen LogP contribution is -2.46. The summed E-state index contributed by atoms with van der Waals surface area (Å²) in [6.07, 6.45) is -5.64. The van der Waals surface area contributed by atoms with Crippen LogP contribution in [0.1, 0.15) is 17.7 Å². The lowest BCUT2D eigenvalue weighted by molar-refractivity contribution is -0.141. The van der Waals surface area contributed by atoms with Crippen LogP contribution in [-0.4, -0.2) is 60.8 Å². The highest BCUT2D eigenvalue weighted by atomic mass is 32.1. The van der Waals surface area contributed by atoms with Crippen LogP contribution >= 0.6 is 11.3 Å². The molecule has 0 aliphatic carbocycles. The average molecular weight is 725 g/mol. The molecule has 0 bridgehead atoms. The van der Waals surface area contributed by atoms with E-state index in [4.69, 9.17) is 9.47 Å².